The van der Waals surface area contributed by atoms with E-state index in [0.29, 0.717) is 12.2 Å². The van der Waals surface area contributed by atoms with Crippen LogP contribution in [0.15, 0.2) is 54.6 Å². The molecule has 180 valence electrons. The van der Waals surface area contributed by atoms with Gasteiger partial charge in [-0.1, -0.05) is 35.9 Å². The fourth-order valence-corrected chi connectivity index (χ4v) is 4.44. The van der Waals surface area contributed by atoms with E-state index in [0.717, 1.165) is 35.7 Å². The summed E-state index contributed by atoms with van der Waals surface area (Å²) in [5, 5.41) is 4.23. The van der Waals surface area contributed by atoms with Crippen LogP contribution in [0.2, 0.25) is 0 Å². The van der Waals surface area contributed by atoms with Crippen molar-refractivity contribution in [1.82, 2.24) is 14.8 Å². The number of hydrogen-bond acceptors (Lipinski definition) is 4. The number of alkyl halides is 3. The van der Waals surface area contributed by atoms with Crippen LogP contribution < -0.4 is 9.64 Å². The van der Waals surface area contributed by atoms with Crippen LogP contribution in [0.1, 0.15) is 28.8 Å². The highest BCUT2D eigenvalue weighted by Crippen LogP contribution is 2.38. The minimum Gasteiger partial charge on any atom is -0.467 e. The molecule has 6 nitrogen and oxygen atoms in total. The summed E-state index contributed by atoms with van der Waals surface area (Å²) in [6.07, 6.45) is -2.97. The molecule has 5 rings (SSSR count). The Morgan fingerprint density at radius 2 is 1.83 bits per heavy atom. The second-order valence-corrected chi connectivity index (χ2v) is 8.60. The molecule has 1 aliphatic rings. The number of benzene rings is 2. The van der Waals surface area contributed by atoms with Crippen molar-refractivity contribution in [2.24, 2.45) is 0 Å². The number of pyridine rings is 1. The number of anilines is 1. The largest absolute Gasteiger partial charge is 0.467 e. The summed E-state index contributed by atoms with van der Waals surface area (Å²) < 4.78 is 48.9. The molecule has 0 radical (unpaired) electrons. The maximum absolute atomic E-state index is 14.0. The van der Waals surface area contributed by atoms with Gasteiger partial charge in [-0.2, -0.15) is 23.3 Å². The van der Waals surface area contributed by atoms with Crippen LogP contribution in [0, 0.1) is 13.8 Å². The van der Waals surface area contributed by atoms with Gasteiger partial charge in [0.15, 0.2) is 12.3 Å². The van der Waals surface area contributed by atoms with Crippen molar-refractivity contribution in [1.29, 1.82) is 0 Å². The Labute approximate surface area is 199 Å². The molecule has 2 aromatic carbocycles. The van der Waals surface area contributed by atoms with Gasteiger partial charge in [0.25, 0.3) is 5.91 Å². The summed E-state index contributed by atoms with van der Waals surface area (Å²) in [6, 6.07) is 15.7. The van der Waals surface area contributed by atoms with Gasteiger partial charge in [-0.3, -0.25) is 4.79 Å². The van der Waals surface area contributed by atoms with Crippen LogP contribution >= 0.6 is 0 Å². The van der Waals surface area contributed by atoms with Gasteiger partial charge < -0.3 is 9.64 Å². The fraction of sp³-hybridized carbons (Fsp3) is 0.269. The maximum Gasteiger partial charge on any atom is 0.417 e. The second-order valence-electron chi connectivity index (χ2n) is 8.60. The van der Waals surface area contributed by atoms with Crippen molar-refractivity contribution >= 4 is 22.6 Å². The first-order chi connectivity index (χ1) is 16.7. The molecule has 9 heteroatoms. The van der Waals surface area contributed by atoms with Crippen molar-refractivity contribution in [2.45, 2.75) is 32.9 Å². The molecular formula is C26H23F3N4O2. The Bertz CT molecular complexity index is 1410. The van der Waals surface area contributed by atoms with Gasteiger partial charge in [0.1, 0.15) is 0 Å². The van der Waals surface area contributed by atoms with E-state index >= 15 is 0 Å². The quantitative estimate of drug-likeness (QED) is 0.392. The SMILES string of the molecule is Cc1ccc(-n2nc(C)c3c(C(F)(F)F)cc(OCC(=O)N4CCCc5ccccc54)nc32)cc1. The summed E-state index contributed by atoms with van der Waals surface area (Å²) >= 11 is 0. The lowest BCUT2D eigenvalue weighted by atomic mass is 10.0. The van der Waals surface area contributed by atoms with E-state index in [1.165, 1.54) is 11.6 Å². The normalized spacial score (nSPS) is 13.7. The third-order valence-corrected chi connectivity index (χ3v) is 6.13. The molecule has 0 unspecified atom stereocenters. The van der Waals surface area contributed by atoms with Crippen LogP contribution in [0.4, 0.5) is 18.9 Å². The van der Waals surface area contributed by atoms with Crippen LogP contribution in [-0.4, -0.2) is 33.8 Å². The molecule has 0 saturated carbocycles. The number of halogens is 3. The molecule has 1 aliphatic heterocycles. The highest BCUT2D eigenvalue weighted by molar-refractivity contribution is 5.95. The van der Waals surface area contributed by atoms with Gasteiger partial charge in [0.2, 0.25) is 5.88 Å². The first kappa shape index (κ1) is 22.9. The predicted molar refractivity (Wildman–Crippen MR) is 126 cm³/mol. The third-order valence-electron chi connectivity index (χ3n) is 6.13. The van der Waals surface area contributed by atoms with Gasteiger partial charge in [0.05, 0.1) is 22.3 Å². The molecule has 3 heterocycles. The number of aryl methyl sites for hydroxylation is 3. The van der Waals surface area contributed by atoms with Gasteiger partial charge in [-0.15, -0.1) is 0 Å². The van der Waals surface area contributed by atoms with Crippen LogP contribution in [0.5, 0.6) is 5.88 Å². The standard InChI is InChI=1S/C26H23F3N4O2/c1-16-9-11-19(12-10-16)33-25-24(17(2)31-33)20(26(27,28)29)14-22(30-25)35-15-23(34)32-13-5-7-18-6-3-4-8-21(18)32/h3-4,6,8-12,14H,5,7,13,15H2,1-2H3. The van der Waals surface area contributed by atoms with E-state index in [1.807, 2.05) is 43.3 Å². The minimum absolute atomic E-state index is 0.0203. The van der Waals surface area contributed by atoms with E-state index in [1.54, 1.807) is 17.0 Å². The summed E-state index contributed by atoms with van der Waals surface area (Å²) in [6.45, 7) is 3.53. The molecule has 4 aromatic rings. The molecule has 0 bridgehead atoms. The van der Waals surface area contributed by atoms with Gasteiger partial charge in [0, 0.05) is 18.3 Å². The number of para-hydroxylation sites is 1. The van der Waals surface area contributed by atoms with Gasteiger partial charge >= 0.3 is 6.18 Å². The molecule has 2 aromatic heterocycles. The number of ether oxygens (including phenoxy) is 1. The minimum atomic E-state index is -4.65. The number of carbonyl (C=O) groups excluding carboxylic acids is 1. The zero-order valence-electron chi connectivity index (χ0n) is 19.3. The number of hydrogen-bond donors (Lipinski definition) is 0. The molecule has 0 spiro atoms. The van der Waals surface area contributed by atoms with E-state index in [2.05, 4.69) is 10.1 Å². The molecule has 1 amide bonds. The maximum atomic E-state index is 14.0. The number of carbonyl (C=O) groups is 1. The molecule has 0 aliphatic carbocycles. The Hall–Kier alpha value is -3.88. The number of nitrogens with zero attached hydrogens (tertiary/aromatic N) is 4. The molecular weight excluding hydrogens is 457 g/mol. The lowest BCUT2D eigenvalue weighted by Crippen LogP contribution is -2.38. The van der Waals surface area contributed by atoms with E-state index in [-0.39, 0.29) is 28.5 Å². The zero-order chi connectivity index (χ0) is 24.7. The average Bonchev–Trinajstić information content (AvgIpc) is 3.17. The number of aromatic nitrogens is 3. The molecule has 0 fully saturated rings. The van der Waals surface area contributed by atoms with Gasteiger partial charge in [-0.25, -0.2) is 4.68 Å². The predicted octanol–water partition coefficient (Wildman–Crippen LogP) is 5.41. The molecule has 35 heavy (non-hydrogen) atoms. The zero-order valence-corrected chi connectivity index (χ0v) is 19.3. The van der Waals surface area contributed by atoms with Crippen LogP contribution in [-0.2, 0) is 17.4 Å². The Kier molecular flexibility index (Phi) is 5.70. The molecule has 0 atom stereocenters. The van der Waals surface area contributed by atoms with E-state index < -0.39 is 18.3 Å². The lowest BCUT2D eigenvalue weighted by molar-refractivity contribution is -0.136. The van der Waals surface area contributed by atoms with Crippen LogP contribution in [0.3, 0.4) is 0 Å². The fourth-order valence-electron chi connectivity index (χ4n) is 4.44. The van der Waals surface area contributed by atoms with Crippen molar-refractivity contribution in [3.8, 4) is 11.6 Å². The van der Waals surface area contributed by atoms with Crippen LogP contribution in [0.25, 0.3) is 16.7 Å². The molecule has 0 saturated heterocycles. The van der Waals surface area contributed by atoms with Crippen molar-refractivity contribution in [3.05, 3.63) is 77.0 Å². The summed E-state index contributed by atoms with van der Waals surface area (Å²) in [5.41, 5.74) is 2.77. The topological polar surface area (TPSA) is 60.3 Å². The monoisotopic (exact) mass is 480 g/mol. The highest BCUT2D eigenvalue weighted by Gasteiger charge is 2.36. The molecule has 0 N–H and O–H groups in total. The Morgan fingerprint density at radius 3 is 2.57 bits per heavy atom. The summed E-state index contributed by atoms with van der Waals surface area (Å²) in [4.78, 5) is 18.9. The average molecular weight is 480 g/mol. The van der Waals surface area contributed by atoms with E-state index in [4.69, 9.17) is 4.74 Å². The lowest BCUT2D eigenvalue weighted by Gasteiger charge is -2.29. The van der Waals surface area contributed by atoms with Crippen molar-refractivity contribution < 1.29 is 22.7 Å². The number of rotatable bonds is 4. The third kappa shape index (κ3) is 4.34. The number of fused-ring (bicyclic) bond motifs is 2. The smallest absolute Gasteiger partial charge is 0.417 e. The summed E-state index contributed by atoms with van der Waals surface area (Å²) in [7, 11) is 0. The first-order valence-electron chi connectivity index (χ1n) is 11.3. The van der Waals surface area contributed by atoms with Gasteiger partial charge in [-0.05, 0) is 50.5 Å². The van der Waals surface area contributed by atoms with Crippen molar-refractivity contribution in [3.63, 3.8) is 0 Å². The second kappa shape index (κ2) is 8.72. The highest BCUT2D eigenvalue weighted by atomic mass is 19.4. The van der Waals surface area contributed by atoms with Crippen molar-refractivity contribution in [2.75, 3.05) is 18.1 Å². The first-order valence-corrected chi connectivity index (χ1v) is 11.3. The Morgan fingerprint density at radius 1 is 1.09 bits per heavy atom. The Balaban J connectivity index is 1.50. The number of amides is 1. The summed E-state index contributed by atoms with van der Waals surface area (Å²) in [5.74, 6) is -0.618. The van der Waals surface area contributed by atoms with E-state index in [9.17, 15) is 18.0 Å².